The Kier molecular flexibility index (Phi) is 5.69. The van der Waals surface area contributed by atoms with E-state index in [2.05, 4.69) is 26.1 Å². The number of rotatable bonds is 6. The number of amides is 3. The number of carbonyl (C=O) groups is 3. The molecule has 1 aliphatic heterocycles. The van der Waals surface area contributed by atoms with E-state index in [-0.39, 0.29) is 31.0 Å². The Labute approximate surface area is 182 Å². The molecule has 2 heterocycles. The lowest BCUT2D eigenvalue weighted by molar-refractivity contribution is -0.125. The second-order valence-electron chi connectivity index (χ2n) is 9.05. The minimum atomic E-state index is -0.447. The topological polar surface area (TPSA) is 88.6 Å². The van der Waals surface area contributed by atoms with Gasteiger partial charge in [0, 0.05) is 11.1 Å². The third-order valence-corrected chi connectivity index (χ3v) is 6.96. The van der Waals surface area contributed by atoms with Crippen LogP contribution in [-0.2, 0) is 22.4 Å². The number of fused-ring (bicyclic) bond motifs is 2. The van der Waals surface area contributed by atoms with E-state index in [1.54, 1.807) is 0 Å². The number of para-hydroxylation sites is 1. The predicted molar refractivity (Wildman–Crippen MR) is 117 cm³/mol. The van der Waals surface area contributed by atoms with E-state index in [1.165, 1.54) is 0 Å². The van der Waals surface area contributed by atoms with Gasteiger partial charge in [0.2, 0.25) is 5.91 Å². The highest BCUT2D eigenvalue weighted by Crippen LogP contribution is 2.41. The highest BCUT2D eigenvalue weighted by molar-refractivity contribution is 6.05. The predicted octanol–water partition coefficient (Wildman–Crippen LogP) is 3.48. The van der Waals surface area contributed by atoms with Crippen molar-refractivity contribution in [1.82, 2.24) is 15.2 Å². The maximum Gasteiger partial charge on any atom is 0.339 e. The van der Waals surface area contributed by atoms with Crippen LogP contribution in [0.3, 0.4) is 0 Å². The molecule has 1 fully saturated rings. The van der Waals surface area contributed by atoms with Crippen LogP contribution in [0.1, 0.15) is 55.2 Å². The minimum Gasteiger partial charge on any atom is -0.460 e. The number of aryl methyl sites for hydroxylation is 1. The molecule has 1 aliphatic carbocycles. The molecule has 2 aromatic rings. The molecular formula is C24H29N3O4. The summed E-state index contributed by atoms with van der Waals surface area (Å²) in [5, 5.41) is 3.26. The van der Waals surface area contributed by atoms with E-state index >= 15 is 0 Å². The van der Waals surface area contributed by atoms with E-state index in [0.29, 0.717) is 11.5 Å². The molecule has 7 heteroatoms. The number of nitrogens with one attached hydrogen (secondary N) is 1. The summed E-state index contributed by atoms with van der Waals surface area (Å²) in [5.41, 5.74) is 3.50. The number of hydrogen-bond acceptors (Lipinski definition) is 5. The summed E-state index contributed by atoms with van der Waals surface area (Å²) in [6.45, 7) is 6.78. The molecule has 4 rings (SSSR count). The zero-order valence-corrected chi connectivity index (χ0v) is 18.4. The molecule has 3 amide bonds. The van der Waals surface area contributed by atoms with Crippen LogP contribution in [0.5, 0.6) is 0 Å². The van der Waals surface area contributed by atoms with Crippen molar-refractivity contribution in [1.29, 1.82) is 0 Å². The van der Waals surface area contributed by atoms with Gasteiger partial charge in [0.05, 0.1) is 24.2 Å². The van der Waals surface area contributed by atoms with Crippen molar-refractivity contribution in [3.63, 3.8) is 0 Å². The van der Waals surface area contributed by atoms with E-state index in [1.807, 2.05) is 24.3 Å². The van der Waals surface area contributed by atoms with Gasteiger partial charge in [0.25, 0.3) is 0 Å². The minimum absolute atomic E-state index is 0.0100. The van der Waals surface area contributed by atoms with Gasteiger partial charge in [-0.25, -0.2) is 9.59 Å². The van der Waals surface area contributed by atoms with Gasteiger partial charge in [-0.1, -0.05) is 45.4 Å². The molecular weight excluding hydrogens is 394 g/mol. The van der Waals surface area contributed by atoms with E-state index in [9.17, 15) is 14.4 Å². The highest BCUT2D eigenvalue weighted by Gasteiger charge is 2.35. The summed E-state index contributed by atoms with van der Waals surface area (Å²) >= 11 is 0. The normalized spacial score (nSPS) is 18.8. The molecule has 0 spiro atoms. The summed E-state index contributed by atoms with van der Waals surface area (Å²) < 4.78 is 5.57. The maximum atomic E-state index is 13.2. The number of nitrogens with zero attached hydrogens (tertiary/aromatic N) is 2. The van der Waals surface area contributed by atoms with E-state index in [4.69, 9.17) is 9.72 Å². The van der Waals surface area contributed by atoms with Crippen molar-refractivity contribution < 1.29 is 19.1 Å². The number of hydrogen-bond donors (Lipinski definition) is 1. The summed E-state index contributed by atoms with van der Waals surface area (Å²) in [5.74, 6) is -0.264. The largest absolute Gasteiger partial charge is 0.460 e. The molecule has 0 radical (unpaired) electrons. The molecule has 0 bridgehead atoms. The summed E-state index contributed by atoms with van der Waals surface area (Å²) in [7, 11) is 0. The lowest BCUT2D eigenvalue weighted by Gasteiger charge is -2.37. The fourth-order valence-electron chi connectivity index (χ4n) is 4.56. The monoisotopic (exact) mass is 423 g/mol. The van der Waals surface area contributed by atoms with Crippen LogP contribution in [-0.4, -0.2) is 47.5 Å². The standard InChI is InChI=1S/C24H29N3O4/c1-4-24(2,3)15-9-10-19-17(13-15)21(16-7-5-6-8-18(16)26-19)22(29)31-12-11-27-20(28)14-25-23(27)30/h5-8,15H,4,9-14H2,1-3H3,(H,25,30)/t15-/m1/s1. The number of aromatic nitrogens is 1. The average molecular weight is 424 g/mol. The van der Waals surface area contributed by atoms with Gasteiger partial charge < -0.3 is 10.1 Å². The third-order valence-electron chi connectivity index (χ3n) is 6.96. The molecule has 1 aromatic heterocycles. The first-order valence-corrected chi connectivity index (χ1v) is 11.0. The van der Waals surface area contributed by atoms with Gasteiger partial charge in [0.1, 0.15) is 6.61 Å². The van der Waals surface area contributed by atoms with Gasteiger partial charge in [-0.15, -0.1) is 0 Å². The summed E-state index contributed by atoms with van der Waals surface area (Å²) in [4.78, 5) is 42.6. The Morgan fingerprint density at radius 3 is 2.77 bits per heavy atom. The molecule has 1 N–H and O–H groups in total. The summed E-state index contributed by atoms with van der Waals surface area (Å²) in [6.07, 6.45) is 3.77. The molecule has 1 atom stereocenters. The Bertz CT molecular complexity index is 1030. The van der Waals surface area contributed by atoms with Crippen LogP contribution in [0.15, 0.2) is 24.3 Å². The second kappa shape index (κ2) is 8.29. The maximum absolute atomic E-state index is 13.2. The Hall–Kier alpha value is -2.96. The van der Waals surface area contributed by atoms with Crippen LogP contribution in [0.4, 0.5) is 4.79 Å². The van der Waals surface area contributed by atoms with Gasteiger partial charge in [-0.2, -0.15) is 0 Å². The van der Waals surface area contributed by atoms with Crippen LogP contribution >= 0.6 is 0 Å². The van der Waals surface area contributed by atoms with Crippen LogP contribution in [0.25, 0.3) is 10.9 Å². The smallest absolute Gasteiger partial charge is 0.339 e. The third kappa shape index (κ3) is 4.01. The van der Waals surface area contributed by atoms with Crippen molar-refractivity contribution in [2.45, 2.75) is 46.5 Å². The number of esters is 1. The lowest BCUT2D eigenvalue weighted by Crippen LogP contribution is -2.34. The fraction of sp³-hybridized carbons (Fsp3) is 0.500. The lowest BCUT2D eigenvalue weighted by atomic mass is 9.68. The number of benzene rings is 1. The molecule has 2 aliphatic rings. The van der Waals surface area contributed by atoms with Crippen molar-refractivity contribution in [2.75, 3.05) is 19.7 Å². The average Bonchev–Trinajstić information content (AvgIpc) is 3.09. The number of urea groups is 1. The van der Waals surface area contributed by atoms with Crippen molar-refractivity contribution in [3.8, 4) is 0 Å². The van der Waals surface area contributed by atoms with Crippen molar-refractivity contribution in [3.05, 3.63) is 41.1 Å². The fourth-order valence-corrected chi connectivity index (χ4v) is 4.56. The van der Waals surface area contributed by atoms with Gasteiger partial charge in [-0.05, 0) is 42.2 Å². The first-order valence-electron chi connectivity index (χ1n) is 11.0. The second-order valence-corrected chi connectivity index (χ2v) is 9.05. The number of imide groups is 1. The zero-order chi connectivity index (χ0) is 22.2. The van der Waals surface area contributed by atoms with E-state index in [0.717, 1.165) is 52.7 Å². The molecule has 7 nitrogen and oxygen atoms in total. The zero-order valence-electron chi connectivity index (χ0n) is 18.4. The quantitative estimate of drug-likeness (QED) is 0.568. The number of carbonyl (C=O) groups excluding carboxylic acids is 3. The van der Waals surface area contributed by atoms with Crippen molar-refractivity contribution >= 4 is 28.8 Å². The molecule has 164 valence electrons. The molecule has 0 unspecified atom stereocenters. The first-order chi connectivity index (χ1) is 14.8. The number of ether oxygens (including phenoxy) is 1. The number of pyridine rings is 1. The SMILES string of the molecule is CCC(C)(C)[C@@H]1CCc2nc3ccccc3c(C(=O)OCCN3C(=O)CNC3=O)c2C1. The van der Waals surface area contributed by atoms with E-state index < -0.39 is 12.0 Å². The molecule has 31 heavy (non-hydrogen) atoms. The highest BCUT2D eigenvalue weighted by atomic mass is 16.5. The summed E-state index contributed by atoms with van der Waals surface area (Å²) in [6, 6.07) is 7.20. The van der Waals surface area contributed by atoms with Gasteiger partial charge in [-0.3, -0.25) is 14.7 Å². The Morgan fingerprint density at radius 2 is 2.06 bits per heavy atom. The molecule has 0 saturated carbocycles. The van der Waals surface area contributed by atoms with Crippen LogP contribution in [0, 0.1) is 11.3 Å². The van der Waals surface area contributed by atoms with Crippen LogP contribution in [0.2, 0.25) is 0 Å². The Morgan fingerprint density at radius 1 is 1.29 bits per heavy atom. The van der Waals surface area contributed by atoms with Gasteiger partial charge in [0.15, 0.2) is 0 Å². The van der Waals surface area contributed by atoms with Crippen molar-refractivity contribution in [2.24, 2.45) is 11.3 Å². The first kappa shape index (κ1) is 21.3. The van der Waals surface area contributed by atoms with Gasteiger partial charge >= 0.3 is 12.0 Å². The molecule has 1 aromatic carbocycles. The van der Waals surface area contributed by atoms with Crippen LogP contribution < -0.4 is 5.32 Å². The molecule has 1 saturated heterocycles. The Balaban J connectivity index is 1.63.